The number of ether oxygens (including phenoxy) is 2. The van der Waals surface area contributed by atoms with E-state index in [4.69, 9.17) is 18.8 Å². The Labute approximate surface area is 165 Å². The van der Waals surface area contributed by atoms with Crippen LogP contribution in [0.2, 0.25) is 0 Å². The topological polar surface area (TPSA) is 71.1 Å². The van der Waals surface area contributed by atoms with Crippen molar-refractivity contribution < 1.29 is 31.6 Å². The van der Waals surface area contributed by atoms with Crippen molar-refractivity contribution in [3.05, 3.63) is 30.1 Å². The Morgan fingerprint density at radius 3 is 2.25 bits per heavy atom. The first kappa shape index (κ1) is 21.0. The lowest BCUT2D eigenvalue weighted by atomic mass is 9.76. The Bertz CT molecular complexity index is 1000. The first-order chi connectivity index (χ1) is 12.9. The van der Waals surface area contributed by atoms with E-state index in [1.54, 1.807) is 12.1 Å². The standard InChI is InChI=1S/C19H24BFO6S/c1-18(2)19(3,4)27-20(26-18)14-10-13(25-11-24-5)9-12-7-8-15(21)17(16(12)14)28(6,22)23/h7-10H,11H2,1-6H3. The number of hydrogen-bond acceptors (Lipinski definition) is 6. The van der Waals surface area contributed by atoms with Gasteiger partial charge in [-0.2, -0.15) is 0 Å². The van der Waals surface area contributed by atoms with Crippen molar-refractivity contribution in [1.82, 2.24) is 0 Å². The third kappa shape index (κ3) is 3.64. The quantitative estimate of drug-likeness (QED) is 0.558. The van der Waals surface area contributed by atoms with E-state index >= 15 is 0 Å². The van der Waals surface area contributed by atoms with Crippen LogP contribution >= 0.6 is 0 Å². The smallest absolute Gasteiger partial charge is 0.468 e. The number of benzene rings is 2. The van der Waals surface area contributed by atoms with Gasteiger partial charge < -0.3 is 18.8 Å². The van der Waals surface area contributed by atoms with E-state index in [-0.39, 0.29) is 17.1 Å². The molecule has 0 unspecified atom stereocenters. The van der Waals surface area contributed by atoms with Crippen LogP contribution in [0.3, 0.4) is 0 Å². The molecule has 0 aliphatic carbocycles. The molecule has 0 atom stereocenters. The molecule has 0 aromatic heterocycles. The molecule has 1 aliphatic heterocycles. The van der Waals surface area contributed by atoms with Crippen LogP contribution < -0.4 is 10.2 Å². The molecule has 2 aromatic rings. The maximum Gasteiger partial charge on any atom is 0.495 e. The molecule has 3 rings (SSSR count). The molecule has 1 heterocycles. The summed E-state index contributed by atoms with van der Waals surface area (Å²) in [5, 5.41) is 0.728. The van der Waals surface area contributed by atoms with Crippen LogP contribution in [0.5, 0.6) is 5.75 Å². The fraction of sp³-hybridized carbons (Fsp3) is 0.474. The van der Waals surface area contributed by atoms with E-state index < -0.39 is 34.0 Å². The summed E-state index contributed by atoms with van der Waals surface area (Å²) in [5.41, 5.74) is -0.903. The van der Waals surface area contributed by atoms with Crippen molar-refractivity contribution in [1.29, 1.82) is 0 Å². The maximum atomic E-state index is 14.6. The molecular weight excluding hydrogens is 386 g/mol. The molecule has 0 N–H and O–H groups in total. The van der Waals surface area contributed by atoms with E-state index in [2.05, 4.69) is 0 Å². The Hall–Kier alpha value is -1.68. The Kier molecular flexibility index (Phi) is 5.25. The molecule has 0 bridgehead atoms. The predicted octanol–water partition coefficient (Wildman–Crippen LogP) is 2.66. The first-order valence-corrected chi connectivity index (χ1v) is 10.7. The van der Waals surface area contributed by atoms with E-state index in [1.807, 2.05) is 27.7 Å². The summed E-state index contributed by atoms with van der Waals surface area (Å²) >= 11 is 0. The molecule has 0 saturated carbocycles. The van der Waals surface area contributed by atoms with Gasteiger partial charge in [0, 0.05) is 18.8 Å². The van der Waals surface area contributed by atoms with Gasteiger partial charge in [0.05, 0.1) is 11.2 Å². The molecule has 6 nitrogen and oxygen atoms in total. The van der Waals surface area contributed by atoms with Crippen molar-refractivity contribution in [3.8, 4) is 5.75 Å². The minimum atomic E-state index is -3.85. The summed E-state index contributed by atoms with van der Waals surface area (Å²) in [6.07, 6.45) is 0.980. The fourth-order valence-corrected chi connectivity index (χ4v) is 4.17. The Morgan fingerprint density at radius 1 is 1.11 bits per heavy atom. The molecule has 0 amide bonds. The van der Waals surface area contributed by atoms with Crippen LogP contribution in [0.1, 0.15) is 27.7 Å². The molecule has 2 aromatic carbocycles. The highest BCUT2D eigenvalue weighted by Crippen LogP contribution is 2.38. The number of fused-ring (bicyclic) bond motifs is 1. The molecule has 1 fully saturated rings. The van der Waals surface area contributed by atoms with Crippen LogP contribution in [0, 0.1) is 5.82 Å². The number of sulfone groups is 1. The minimum Gasteiger partial charge on any atom is -0.468 e. The molecule has 0 radical (unpaired) electrons. The molecule has 9 heteroatoms. The summed E-state index contributed by atoms with van der Waals surface area (Å²) in [6.45, 7) is 7.56. The molecule has 152 valence electrons. The number of rotatable bonds is 5. The Morgan fingerprint density at radius 2 is 1.71 bits per heavy atom. The van der Waals surface area contributed by atoms with Crippen LogP contribution in [0.25, 0.3) is 10.8 Å². The highest BCUT2D eigenvalue weighted by molar-refractivity contribution is 7.91. The largest absolute Gasteiger partial charge is 0.495 e. The molecule has 1 saturated heterocycles. The van der Waals surface area contributed by atoms with E-state index in [9.17, 15) is 12.8 Å². The molecule has 1 aliphatic rings. The van der Waals surface area contributed by atoms with Gasteiger partial charge in [-0.15, -0.1) is 0 Å². The second-order valence-corrected chi connectivity index (χ2v) is 9.85. The third-order valence-electron chi connectivity index (χ3n) is 5.25. The highest BCUT2D eigenvalue weighted by atomic mass is 32.2. The van der Waals surface area contributed by atoms with Gasteiger partial charge in [-0.1, -0.05) is 6.07 Å². The van der Waals surface area contributed by atoms with Gasteiger partial charge >= 0.3 is 7.12 Å². The SMILES string of the molecule is COCOc1cc(B2OC(C)(C)C(C)(C)O2)c2c(S(C)(=O)=O)c(F)ccc2c1. The lowest BCUT2D eigenvalue weighted by molar-refractivity contribution is 0.00578. The fourth-order valence-electron chi connectivity index (χ4n) is 3.14. The first-order valence-electron chi connectivity index (χ1n) is 8.81. The van der Waals surface area contributed by atoms with Gasteiger partial charge in [-0.3, -0.25) is 0 Å². The van der Waals surface area contributed by atoms with Crippen molar-refractivity contribution >= 4 is 33.2 Å². The molecule has 0 spiro atoms. The normalized spacial score (nSPS) is 18.6. The van der Waals surface area contributed by atoms with Gasteiger partial charge in [0.1, 0.15) is 16.5 Å². The summed E-state index contributed by atoms with van der Waals surface area (Å²) < 4.78 is 62.0. The van der Waals surface area contributed by atoms with Gasteiger partial charge in [-0.05, 0) is 56.7 Å². The summed E-state index contributed by atoms with van der Waals surface area (Å²) in [6, 6.07) is 5.88. The second kappa shape index (κ2) is 6.98. The zero-order valence-electron chi connectivity index (χ0n) is 16.8. The number of hydrogen-bond donors (Lipinski definition) is 0. The van der Waals surface area contributed by atoms with Gasteiger partial charge in [0.15, 0.2) is 16.6 Å². The van der Waals surface area contributed by atoms with Crippen LogP contribution in [-0.2, 0) is 23.9 Å². The average Bonchev–Trinajstić information content (AvgIpc) is 2.78. The molecule has 28 heavy (non-hydrogen) atoms. The van der Waals surface area contributed by atoms with Crippen LogP contribution in [-0.4, -0.2) is 46.9 Å². The predicted molar refractivity (Wildman–Crippen MR) is 105 cm³/mol. The summed E-state index contributed by atoms with van der Waals surface area (Å²) in [4.78, 5) is -0.381. The summed E-state index contributed by atoms with van der Waals surface area (Å²) in [7, 11) is -3.25. The monoisotopic (exact) mass is 410 g/mol. The maximum absolute atomic E-state index is 14.6. The van der Waals surface area contributed by atoms with Gasteiger partial charge in [-0.25, -0.2) is 12.8 Å². The number of halogens is 1. The minimum absolute atomic E-state index is 0.00837. The van der Waals surface area contributed by atoms with Crippen molar-refractivity contribution in [3.63, 3.8) is 0 Å². The summed E-state index contributed by atoms with van der Waals surface area (Å²) in [5.74, 6) is -0.386. The lowest BCUT2D eigenvalue weighted by Crippen LogP contribution is -2.41. The highest BCUT2D eigenvalue weighted by Gasteiger charge is 2.52. The van der Waals surface area contributed by atoms with E-state index in [1.165, 1.54) is 13.2 Å². The lowest BCUT2D eigenvalue weighted by Gasteiger charge is -2.32. The van der Waals surface area contributed by atoms with Gasteiger partial charge in [0.2, 0.25) is 0 Å². The van der Waals surface area contributed by atoms with Crippen molar-refractivity contribution in [2.75, 3.05) is 20.2 Å². The zero-order chi connectivity index (χ0) is 20.9. The van der Waals surface area contributed by atoms with Crippen molar-refractivity contribution in [2.45, 2.75) is 43.8 Å². The van der Waals surface area contributed by atoms with Crippen LogP contribution in [0.15, 0.2) is 29.2 Å². The average molecular weight is 410 g/mol. The second-order valence-electron chi connectivity index (χ2n) is 7.90. The van der Waals surface area contributed by atoms with E-state index in [0.29, 0.717) is 16.6 Å². The van der Waals surface area contributed by atoms with Crippen molar-refractivity contribution in [2.24, 2.45) is 0 Å². The van der Waals surface area contributed by atoms with Gasteiger partial charge in [0.25, 0.3) is 0 Å². The third-order valence-corrected chi connectivity index (χ3v) is 6.39. The van der Waals surface area contributed by atoms with Crippen LogP contribution in [0.4, 0.5) is 4.39 Å². The van der Waals surface area contributed by atoms with E-state index in [0.717, 1.165) is 12.3 Å². The number of methoxy groups -OCH3 is 1. The Balaban J connectivity index is 2.31. The zero-order valence-corrected chi connectivity index (χ0v) is 17.6. The molecular formula is C19H24BFO6S.